The van der Waals surface area contributed by atoms with E-state index in [0.717, 1.165) is 34.4 Å². The van der Waals surface area contributed by atoms with Crippen LogP contribution in [0.4, 0.5) is 0 Å². The Hall–Kier alpha value is -3.20. The summed E-state index contributed by atoms with van der Waals surface area (Å²) in [6, 6.07) is 15.1. The van der Waals surface area contributed by atoms with Gasteiger partial charge in [-0.25, -0.2) is 4.57 Å². The van der Waals surface area contributed by atoms with Crippen LogP contribution in [-0.2, 0) is 17.9 Å². The number of pyridine rings is 2. The standard InChI is InChI=1S/C30H31N2O/c1-18-10-11-19-20-12-13-22-25(26-21(17-31-22)29(2,3)14-15-30(26,4)5)28(20)33-27(19)24(18)23-9-7-8-16-32(23)6/h7-13,16-17H,14-15H2,1-6H3/q+1. The van der Waals surface area contributed by atoms with Crippen molar-refractivity contribution in [3.05, 3.63) is 71.5 Å². The van der Waals surface area contributed by atoms with Crippen molar-refractivity contribution < 1.29 is 8.98 Å². The van der Waals surface area contributed by atoms with Gasteiger partial charge in [0.15, 0.2) is 6.20 Å². The highest BCUT2D eigenvalue weighted by Gasteiger charge is 2.39. The first kappa shape index (κ1) is 20.4. The van der Waals surface area contributed by atoms with Gasteiger partial charge in [0.1, 0.15) is 18.2 Å². The largest absolute Gasteiger partial charge is 0.454 e. The van der Waals surface area contributed by atoms with Gasteiger partial charge in [-0.2, -0.15) is 0 Å². The Morgan fingerprint density at radius 2 is 1.61 bits per heavy atom. The van der Waals surface area contributed by atoms with Crippen LogP contribution in [0.5, 0.6) is 0 Å². The van der Waals surface area contributed by atoms with Crippen molar-refractivity contribution in [3.63, 3.8) is 0 Å². The van der Waals surface area contributed by atoms with Gasteiger partial charge in [0.05, 0.1) is 11.1 Å². The van der Waals surface area contributed by atoms with Crippen molar-refractivity contribution in [1.82, 2.24) is 4.98 Å². The summed E-state index contributed by atoms with van der Waals surface area (Å²) in [5.41, 5.74) is 9.46. The summed E-state index contributed by atoms with van der Waals surface area (Å²) in [5, 5.41) is 3.54. The van der Waals surface area contributed by atoms with Gasteiger partial charge in [-0.3, -0.25) is 4.98 Å². The van der Waals surface area contributed by atoms with E-state index in [9.17, 15) is 0 Å². The van der Waals surface area contributed by atoms with Crippen LogP contribution in [0.3, 0.4) is 0 Å². The normalized spacial score (nSPS) is 17.0. The first-order chi connectivity index (χ1) is 15.7. The molecule has 0 bridgehead atoms. The summed E-state index contributed by atoms with van der Waals surface area (Å²) in [5.74, 6) is 0. The van der Waals surface area contributed by atoms with E-state index in [-0.39, 0.29) is 10.8 Å². The SMILES string of the molecule is Cc1ccc2c(oc3c2ccc2ncc4c(c23)C(C)(C)CCC4(C)C)c1-c1cccc[n+]1C. The molecule has 1 aliphatic carbocycles. The van der Waals surface area contributed by atoms with Crippen LogP contribution in [0.2, 0.25) is 0 Å². The molecule has 0 amide bonds. The summed E-state index contributed by atoms with van der Waals surface area (Å²) in [6.45, 7) is 11.6. The summed E-state index contributed by atoms with van der Waals surface area (Å²) in [6.07, 6.45) is 6.54. The Morgan fingerprint density at radius 3 is 2.39 bits per heavy atom. The third-order valence-electron chi connectivity index (χ3n) is 7.94. The first-order valence-electron chi connectivity index (χ1n) is 11.9. The Morgan fingerprint density at radius 1 is 0.879 bits per heavy atom. The second-order valence-electron chi connectivity index (χ2n) is 11.1. The van der Waals surface area contributed by atoms with E-state index in [1.165, 1.54) is 39.3 Å². The van der Waals surface area contributed by atoms with Gasteiger partial charge in [-0.15, -0.1) is 0 Å². The van der Waals surface area contributed by atoms with E-state index < -0.39 is 0 Å². The molecule has 3 aromatic heterocycles. The minimum atomic E-state index is 0.0733. The molecule has 3 heterocycles. The summed E-state index contributed by atoms with van der Waals surface area (Å²) >= 11 is 0. The molecule has 0 radical (unpaired) electrons. The van der Waals surface area contributed by atoms with Crippen LogP contribution in [0.15, 0.2) is 59.3 Å². The van der Waals surface area contributed by atoms with Crippen molar-refractivity contribution in [2.45, 2.75) is 58.3 Å². The quantitative estimate of drug-likeness (QED) is 0.259. The molecule has 0 fully saturated rings. The van der Waals surface area contributed by atoms with E-state index in [4.69, 9.17) is 9.40 Å². The molecule has 0 spiro atoms. The number of nitrogens with zero attached hydrogens (tertiary/aromatic N) is 2. The highest BCUT2D eigenvalue weighted by Crippen LogP contribution is 2.50. The molecule has 3 nitrogen and oxygen atoms in total. The maximum absolute atomic E-state index is 6.86. The van der Waals surface area contributed by atoms with Gasteiger partial charge in [-0.05, 0) is 65.5 Å². The predicted molar refractivity (Wildman–Crippen MR) is 136 cm³/mol. The molecular formula is C30H31N2O+. The lowest BCUT2D eigenvalue weighted by atomic mass is 9.63. The molecular weight excluding hydrogens is 404 g/mol. The van der Waals surface area contributed by atoms with Crippen molar-refractivity contribution in [1.29, 1.82) is 0 Å². The van der Waals surface area contributed by atoms with E-state index in [0.29, 0.717) is 0 Å². The Kier molecular flexibility index (Phi) is 4.12. The number of fused-ring (bicyclic) bond motifs is 7. The molecule has 0 N–H and O–H groups in total. The molecule has 0 saturated heterocycles. The second-order valence-corrected chi connectivity index (χ2v) is 11.1. The molecule has 0 aliphatic heterocycles. The molecule has 3 heteroatoms. The third kappa shape index (κ3) is 2.81. The maximum Gasteiger partial charge on any atom is 0.216 e. The molecule has 2 aromatic carbocycles. The van der Waals surface area contributed by atoms with E-state index in [1.807, 2.05) is 0 Å². The minimum Gasteiger partial charge on any atom is -0.454 e. The van der Waals surface area contributed by atoms with E-state index in [2.05, 4.69) is 101 Å². The zero-order chi connectivity index (χ0) is 23.1. The van der Waals surface area contributed by atoms with Crippen LogP contribution in [0, 0.1) is 6.92 Å². The van der Waals surface area contributed by atoms with Gasteiger partial charge >= 0.3 is 0 Å². The lowest BCUT2D eigenvalue weighted by Gasteiger charge is -2.42. The molecule has 0 atom stereocenters. The van der Waals surface area contributed by atoms with Gasteiger partial charge in [-0.1, -0.05) is 39.8 Å². The maximum atomic E-state index is 6.86. The summed E-state index contributed by atoms with van der Waals surface area (Å²) < 4.78 is 9.03. The minimum absolute atomic E-state index is 0.0733. The van der Waals surface area contributed by atoms with Crippen LogP contribution in [0.25, 0.3) is 44.1 Å². The van der Waals surface area contributed by atoms with E-state index in [1.54, 1.807) is 0 Å². The molecule has 33 heavy (non-hydrogen) atoms. The average Bonchev–Trinajstić information content (AvgIpc) is 3.16. The number of hydrogen-bond donors (Lipinski definition) is 0. The molecule has 6 rings (SSSR count). The Bertz CT molecular complexity index is 1590. The van der Waals surface area contributed by atoms with Gasteiger partial charge in [0.2, 0.25) is 5.69 Å². The average molecular weight is 436 g/mol. The fourth-order valence-corrected chi connectivity index (χ4v) is 5.88. The fourth-order valence-electron chi connectivity index (χ4n) is 5.88. The number of furan rings is 1. The fraction of sp³-hybridized carbons (Fsp3) is 0.333. The lowest BCUT2D eigenvalue weighted by molar-refractivity contribution is -0.660. The second kappa shape index (κ2) is 6.66. The molecule has 5 aromatic rings. The predicted octanol–water partition coefficient (Wildman–Crippen LogP) is 7.28. The monoisotopic (exact) mass is 435 g/mol. The Labute approximate surface area is 195 Å². The van der Waals surface area contributed by atoms with Crippen molar-refractivity contribution >= 4 is 32.8 Å². The highest BCUT2D eigenvalue weighted by atomic mass is 16.3. The summed E-state index contributed by atoms with van der Waals surface area (Å²) in [7, 11) is 2.09. The van der Waals surface area contributed by atoms with Gasteiger partial charge in [0.25, 0.3) is 0 Å². The van der Waals surface area contributed by atoms with Crippen molar-refractivity contribution in [2.24, 2.45) is 7.05 Å². The first-order valence-corrected chi connectivity index (χ1v) is 11.9. The number of aryl methyl sites for hydroxylation is 2. The number of aromatic nitrogens is 2. The van der Waals surface area contributed by atoms with E-state index >= 15 is 0 Å². The lowest BCUT2D eigenvalue weighted by Crippen LogP contribution is -2.34. The smallest absolute Gasteiger partial charge is 0.216 e. The topological polar surface area (TPSA) is 29.9 Å². The summed E-state index contributed by atoms with van der Waals surface area (Å²) in [4.78, 5) is 4.92. The molecule has 1 aliphatic rings. The van der Waals surface area contributed by atoms with Crippen LogP contribution < -0.4 is 4.57 Å². The van der Waals surface area contributed by atoms with Gasteiger partial charge in [0, 0.05) is 34.5 Å². The van der Waals surface area contributed by atoms with Crippen LogP contribution in [0.1, 0.15) is 57.2 Å². The number of rotatable bonds is 1. The zero-order valence-electron chi connectivity index (χ0n) is 20.4. The van der Waals surface area contributed by atoms with Crippen LogP contribution in [-0.4, -0.2) is 4.98 Å². The molecule has 166 valence electrons. The number of benzene rings is 2. The Balaban J connectivity index is 1.80. The highest BCUT2D eigenvalue weighted by molar-refractivity contribution is 6.17. The van der Waals surface area contributed by atoms with Crippen LogP contribution >= 0.6 is 0 Å². The van der Waals surface area contributed by atoms with Crippen molar-refractivity contribution in [3.8, 4) is 11.3 Å². The van der Waals surface area contributed by atoms with Gasteiger partial charge < -0.3 is 4.42 Å². The number of hydrogen-bond acceptors (Lipinski definition) is 2. The zero-order valence-corrected chi connectivity index (χ0v) is 20.4. The third-order valence-corrected chi connectivity index (χ3v) is 7.94. The molecule has 0 saturated carbocycles. The van der Waals surface area contributed by atoms with Crippen molar-refractivity contribution in [2.75, 3.05) is 0 Å². The molecule has 0 unspecified atom stereocenters.